The Hall–Kier alpha value is -0.650. The summed E-state index contributed by atoms with van der Waals surface area (Å²) in [6.45, 7) is 7.62. The second-order valence-corrected chi connectivity index (χ2v) is 5.22. The van der Waals surface area contributed by atoms with Gasteiger partial charge in [-0.25, -0.2) is 0 Å². The maximum absolute atomic E-state index is 11.5. The molecule has 1 unspecified atom stereocenters. The Morgan fingerprint density at radius 1 is 1.56 bits per heavy atom. The molecule has 0 spiro atoms. The van der Waals surface area contributed by atoms with Crippen molar-refractivity contribution in [3.05, 3.63) is 0 Å². The zero-order valence-electron chi connectivity index (χ0n) is 11.5. The van der Waals surface area contributed by atoms with Crippen molar-refractivity contribution < 1.29 is 14.3 Å². The maximum atomic E-state index is 11.5. The van der Waals surface area contributed by atoms with Crippen LogP contribution in [0.5, 0.6) is 0 Å². The van der Waals surface area contributed by atoms with Crippen molar-refractivity contribution in [3.63, 3.8) is 0 Å². The molecule has 1 saturated heterocycles. The standard InChI is InChI=1S/C13H26N2O3/c1-10(2)12(14)13(16)15-5-3-6-17-8-11-4-7-18-9-11/h10-12H,3-9,14H2,1-2H3,(H,15,16)/t11?,12-/m0/s1. The first-order valence-electron chi connectivity index (χ1n) is 6.80. The minimum atomic E-state index is -0.415. The van der Waals surface area contributed by atoms with Crippen molar-refractivity contribution in [1.29, 1.82) is 0 Å². The molecule has 0 bridgehead atoms. The molecule has 5 heteroatoms. The molecule has 1 heterocycles. The van der Waals surface area contributed by atoms with E-state index in [9.17, 15) is 4.79 Å². The van der Waals surface area contributed by atoms with Gasteiger partial charge in [-0.15, -0.1) is 0 Å². The van der Waals surface area contributed by atoms with Crippen LogP contribution < -0.4 is 11.1 Å². The fraction of sp³-hybridized carbons (Fsp3) is 0.923. The van der Waals surface area contributed by atoms with E-state index in [1.54, 1.807) is 0 Å². The molecular weight excluding hydrogens is 232 g/mol. The lowest BCUT2D eigenvalue weighted by Gasteiger charge is -2.15. The summed E-state index contributed by atoms with van der Waals surface area (Å²) in [6, 6.07) is -0.415. The van der Waals surface area contributed by atoms with E-state index in [2.05, 4.69) is 5.32 Å². The number of amides is 1. The molecule has 0 aromatic heterocycles. The molecule has 1 aliphatic heterocycles. The normalized spacial score (nSPS) is 21.2. The number of ether oxygens (including phenoxy) is 2. The van der Waals surface area contributed by atoms with Crippen LogP contribution in [0.1, 0.15) is 26.7 Å². The third-order valence-electron chi connectivity index (χ3n) is 3.16. The highest BCUT2D eigenvalue weighted by molar-refractivity contribution is 5.81. The molecule has 2 atom stereocenters. The largest absolute Gasteiger partial charge is 0.381 e. The summed E-state index contributed by atoms with van der Waals surface area (Å²) >= 11 is 0. The van der Waals surface area contributed by atoms with Crippen molar-refractivity contribution >= 4 is 5.91 Å². The zero-order chi connectivity index (χ0) is 13.4. The number of carbonyl (C=O) groups is 1. The van der Waals surface area contributed by atoms with Gasteiger partial charge in [0.2, 0.25) is 5.91 Å². The summed E-state index contributed by atoms with van der Waals surface area (Å²) in [4.78, 5) is 11.5. The van der Waals surface area contributed by atoms with Gasteiger partial charge in [0.25, 0.3) is 0 Å². The van der Waals surface area contributed by atoms with Crippen molar-refractivity contribution in [2.75, 3.05) is 33.0 Å². The average Bonchev–Trinajstić information content (AvgIpc) is 2.85. The van der Waals surface area contributed by atoms with Crippen LogP contribution in [0.2, 0.25) is 0 Å². The molecule has 1 rings (SSSR count). The number of carbonyl (C=O) groups excluding carboxylic acids is 1. The molecule has 0 aliphatic carbocycles. The number of hydrogen-bond donors (Lipinski definition) is 2. The number of hydrogen-bond acceptors (Lipinski definition) is 4. The van der Waals surface area contributed by atoms with Crippen molar-refractivity contribution in [1.82, 2.24) is 5.32 Å². The molecule has 0 radical (unpaired) electrons. The summed E-state index contributed by atoms with van der Waals surface area (Å²) in [5.41, 5.74) is 5.73. The fourth-order valence-electron chi connectivity index (χ4n) is 1.77. The molecule has 0 aromatic carbocycles. The molecule has 18 heavy (non-hydrogen) atoms. The molecule has 106 valence electrons. The van der Waals surface area contributed by atoms with Crippen LogP contribution in [0.3, 0.4) is 0 Å². The molecule has 0 saturated carbocycles. The lowest BCUT2D eigenvalue weighted by molar-refractivity contribution is -0.123. The van der Waals surface area contributed by atoms with E-state index < -0.39 is 6.04 Å². The van der Waals surface area contributed by atoms with Crippen LogP contribution >= 0.6 is 0 Å². The summed E-state index contributed by atoms with van der Waals surface area (Å²) in [5.74, 6) is 0.645. The minimum absolute atomic E-state index is 0.0748. The van der Waals surface area contributed by atoms with Gasteiger partial charge in [0.1, 0.15) is 0 Å². The molecule has 1 aliphatic rings. The van der Waals surface area contributed by atoms with E-state index in [-0.39, 0.29) is 11.8 Å². The second kappa shape index (κ2) is 8.45. The molecule has 3 N–H and O–H groups in total. The lowest BCUT2D eigenvalue weighted by atomic mass is 10.1. The van der Waals surface area contributed by atoms with Gasteiger partial charge in [0, 0.05) is 25.7 Å². The predicted molar refractivity (Wildman–Crippen MR) is 70.2 cm³/mol. The number of nitrogens with two attached hydrogens (primary N) is 1. The lowest BCUT2D eigenvalue weighted by Crippen LogP contribution is -2.44. The van der Waals surface area contributed by atoms with Crippen LogP contribution in [0.4, 0.5) is 0 Å². The zero-order valence-corrected chi connectivity index (χ0v) is 11.5. The molecule has 1 fully saturated rings. The van der Waals surface area contributed by atoms with Gasteiger partial charge in [-0.2, -0.15) is 0 Å². The Morgan fingerprint density at radius 3 is 2.94 bits per heavy atom. The van der Waals surface area contributed by atoms with Crippen molar-refractivity contribution in [3.8, 4) is 0 Å². The Kier molecular flexibility index (Phi) is 7.23. The van der Waals surface area contributed by atoms with E-state index in [0.29, 0.717) is 19.1 Å². The molecule has 0 aromatic rings. The Balaban J connectivity index is 1.93. The minimum Gasteiger partial charge on any atom is -0.381 e. The highest BCUT2D eigenvalue weighted by Crippen LogP contribution is 2.12. The molecule has 1 amide bonds. The van der Waals surface area contributed by atoms with Gasteiger partial charge in [0.05, 0.1) is 19.3 Å². The van der Waals surface area contributed by atoms with Crippen molar-refractivity contribution in [2.45, 2.75) is 32.7 Å². The maximum Gasteiger partial charge on any atom is 0.237 e. The van der Waals surface area contributed by atoms with E-state index in [0.717, 1.165) is 32.7 Å². The first-order valence-corrected chi connectivity index (χ1v) is 6.80. The summed E-state index contributed by atoms with van der Waals surface area (Å²) in [7, 11) is 0. The first-order chi connectivity index (χ1) is 8.61. The van der Waals surface area contributed by atoms with Crippen LogP contribution in [-0.4, -0.2) is 44.9 Å². The summed E-state index contributed by atoms with van der Waals surface area (Å²) in [5, 5.41) is 2.82. The van der Waals surface area contributed by atoms with Gasteiger partial charge in [-0.3, -0.25) is 4.79 Å². The van der Waals surface area contributed by atoms with E-state index in [1.165, 1.54) is 0 Å². The molecule has 5 nitrogen and oxygen atoms in total. The highest BCUT2D eigenvalue weighted by Gasteiger charge is 2.17. The van der Waals surface area contributed by atoms with Gasteiger partial charge < -0.3 is 20.5 Å². The number of nitrogens with one attached hydrogen (secondary N) is 1. The third kappa shape index (κ3) is 5.80. The highest BCUT2D eigenvalue weighted by atomic mass is 16.5. The summed E-state index contributed by atoms with van der Waals surface area (Å²) < 4.78 is 10.8. The second-order valence-electron chi connectivity index (χ2n) is 5.22. The van der Waals surface area contributed by atoms with Crippen LogP contribution in [-0.2, 0) is 14.3 Å². The van der Waals surface area contributed by atoms with E-state index in [1.807, 2.05) is 13.8 Å². The predicted octanol–water partition coefficient (Wildman–Crippen LogP) is 0.529. The average molecular weight is 258 g/mol. The van der Waals surface area contributed by atoms with Gasteiger partial charge in [0.15, 0.2) is 0 Å². The Morgan fingerprint density at radius 2 is 2.33 bits per heavy atom. The summed E-state index contributed by atoms with van der Waals surface area (Å²) in [6.07, 6.45) is 1.92. The van der Waals surface area contributed by atoms with E-state index >= 15 is 0 Å². The topological polar surface area (TPSA) is 73.6 Å². The van der Waals surface area contributed by atoms with E-state index in [4.69, 9.17) is 15.2 Å². The van der Waals surface area contributed by atoms with Crippen molar-refractivity contribution in [2.24, 2.45) is 17.6 Å². The van der Waals surface area contributed by atoms with Crippen LogP contribution in [0, 0.1) is 11.8 Å². The van der Waals surface area contributed by atoms with Crippen LogP contribution in [0.15, 0.2) is 0 Å². The SMILES string of the molecule is CC(C)[C@H](N)C(=O)NCCCOCC1CCOC1. The van der Waals surface area contributed by atoms with Gasteiger partial charge >= 0.3 is 0 Å². The van der Waals surface area contributed by atoms with Gasteiger partial charge in [-0.05, 0) is 18.8 Å². The quantitative estimate of drug-likeness (QED) is 0.623. The van der Waals surface area contributed by atoms with Gasteiger partial charge in [-0.1, -0.05) is 13.8 Å². The Labute approximate surface area is 109 Å². The third-order valence-corrected chi connectivity index (χ3v) is 3.16. The number of rotatable bonds is 8. The first kappa shape index (κ1) is 15.4. The molecular formula is C13H26N2O3. The Bertz CT molecular complexity index is 240. The monoisotopic (exact) mass is 258 g/mol. The smallest absolute Gasteiger partial charge is 0.237 e. The fourth-order valence-corrected chi connectivity index (χ4v) is 1.77. The van der Waals surface area contributed by atoms with Crippen LogP contribution in [0.25, 0.3) is 0 Å².